The topological polar surface area (TPSA) is 15.3 Å². The standard InChI is InChI=1S/C19H38N2/c1-4-5-6-7-8-9-10-13-21-15-18(16(2)3)20-14-19(21)17-11-12-17/h16-20H,4-15H2,1-3H3. The lowest BCUT2D eigenvalue weighted by Gasteiger charge is -2.42. The zero-order valence-electron chi connectivity index (χ0n) is 14.7. The summed E-state index contributed by atoms with van der Waals surface area (Å²) in [5.41, 5.74) is 0. The van der Waals surface area contributed by atoms with E-state index in [4.69, 9.17) is 0 Å². The van der Waals surface area contributed by atoms with Crippen LogP contribution in [0.5, 0.6) is 0 Å². The number of nitrogens with zero attached hydrogens (tertiary/aromatic N) is 1. The molecule has 1 heterocycles. The van der Waals surface area contributed by atoms with E-state index in [0.29, 0.717) is 6.04 Å². The summed E-state index contributed by atoms with van der Waals surface area (Å²) in [6.07, 6.45) is 13.0. The molecule has 2 atom stereocenters. The highest BCUT2D eigenvalue weighted by atomic mass is 15.2. The molecule has 1 aliphatic heterocycles. The number of nitrogens with one attached hydrogen (secondary N) is 1. The smallest absolute Gasteiger partial charge is 0.0249 e. The van der Waals surface area contributed by atoms with Gasteiger partial charge < -0.3 is 5.32 Å². The highest BCUT2D eigenvalue weighted by molar-refractivity contribution is 4.95. The summed E-state index contributed by atoms with van der Waals surface area (Å²) in [5, 5.41) is 3.80. The van der Waals surface area contributed by atoms with Crippen molar-refractivity contribution in [1.29, 1.82) is 0 Å². The molecule has 2 nitrogen and oxygen atoms in total. The molecule has 0 bridgehead atoms. The Labute approximate surface area is 133 Å². The fourth-order valence-corrected chi connectivity index (χ4v) is 3.78. The van der Waals surface area contributed by atoms with Gasteiger partial charge in [0, 0.05) is 25.2 Å². The highest BCUT2D eigenvalue weighted by Crippen LogP contribution is 2.36. The molecule has 1 saturated heterocycles. The third-order valence-corrected chi connectivity index (χ3v) is 5.51. The highest BCUT2D eigenvalue weighted by Gasteiger charge is 2.38. The lowest BCUT2D eigenvalue weighted by atomic mass is 9.97. The second-order valence-corrected chi connectivity index (χ2v) is 7.78. The van der Waals surface area contributed by atoms with Crippen molar-refractivity contribution < 1.29 is 0 Å². The minimum Gasteiger partial charge on any atom is -0.311 e. The van der Waals surface area contributed by atoms with Gasteiger partial charge in [-0.05, 0) is 37.6 Å². The van der Waals surface area contributed by atoms with Gasteiger partial charge in [0.15, 0.2) is 0 Å². The zero-order chi connectivity index (χ0) is 15.1. The van der Waals surface area contributed by atoms with Crippen LogP contribution in [0.4, 0.5) is 0 Å². The van der Waals surface area contributed by atoms with Gasteiger partial charge in [-0.2, -0.15) is 0 Å². The fourth-order valence-electron chi connectivity index (χ4n) is 3.78. The van der Waals surface area contributed by atoms with Gasteiger partial charge in [0.2, 0.25) is 0 Å². The summed E-state index contributed by atoms with van der Waals surface area (Å²) in [6, 6.07) is 1.56. The summed E-state index contributed by atoms with van der Waals surface area (Å²) < 4.78 is 0. The summed E-state index contributed by atoms with van der Waals surface area (Å²) >= 11 is 0. The third-order valence-electron chi connectivity index (χ3n) is 5.51. The van der Waals surface area contributed by atoms with Crippen LogP contribution in [-0.2, 0) is 0 Å². The normalized spacial score (nSPS) is 27.4. The first-order valence-corrected chi connectivity index (χ1v) is 9.69. The van der Waals surface area contributed by atoms with Crippen molar-refractivity contribution in [2.45, 2.75) is 90.6 Å². The molecule has 2 fully saturated rings. The van der Waals surface area contributed by atoms with E-state index in [-0.39, 0.29) is 0 Å². The van der Waals surface area contributed by atoms with Gasteiger partial charge in [-0.15, -0.1) is 0 Å². The Morgan fingerprint density at radius 1 is 1.00 bits per heavy atom. The minimum absolute atomic E-state index is 0.713. The second kappa shape index (κ2) is 9.15. The maximum absolute atomic E-state index is 3.80. The Morgan fingerprint density at radius 3 is 2.29 bits per heavy atom. The second-order valence-electron chi connectivity index (χ2n) is 7.78. The molecule has 2 aliphatic rings. The van der Waals surface area contributed by atoms with Crippen LogP contribution in [0.2, 0.25) is 0 Å². The van der Waals surface area contributed by atoms with E-state index in [2.05, 4.69) is 31.0 Å². The molecule has 2 rings (SSSR count). The largest absolute Gasteiger partial charge is 0.311 e. The van der Waals surface area contributed by atoms with Crippen LogP contribution in [0, 0.1) is 11.8 Å². The minimum atomic E-state index is 0.713. The van der Waals surface area contributed by atoms with E-state index in [1.54, 1.807) is 0 Å². The lowest BCUT2D eigenvalue weighted by molar-refractivity contribution is 0.0976. The van der Waals surface area contributed by atoms with Gasteiger partial charge in [0.1, 0.15) is 0 Å². The maximum atomic E-state index is 3.80. The van der Waals surface area contributed by atoms with Gasteiger partial charge >= 0.3 is 0 Å². The van der Waals surface area contributed by atoms with Crippen LogP contribution in [-0.4, -0.2) is 36.6 Å². The molecule has 21 heavy (non-hydrogen) atoms. The molecular formula is C19H38N2. The van der Waals surface area contributed by atoms with Crippen LogP contribution in [0.15, 0.2) is 0 Å². The Morgan fingerprint density at radius 2 is 1.67 bits per heavy atom. The fraction of sp³-hybridized carbons (Fsp3) is 1.00. The maximum Gasteiger partial charge on any atom is 0.0249 e. The first kappa shape index (κ1) is 17.3. The van der Waals surface area contributed by atoms with Crippen molar-refractivity contribution in [2.75, 3.05) is 19.6 Å². The molecule has 124 valence electrons. The Kier molecular flexibility index (Phi) is 7.53. The average molecular weight is 295 g/mol. The monoisotopic (exact) mass is 294 g/mol. The number of piperazine rings is 1. The van der Waals surface area contributed by atoms with Crippen LogP contribution in [0.1, 0.15) is 78.6 Å². The quantitative estimate of drug-likeness (QED) is 0.599. The summed E-state index contributed by atoms with van der Waals surface area (Å²) in [5.74, 6) is 1.77. The average Bonchev–Trinajstić information content (AvgIpc) is 3.30. The molecule has 0 radical (unpaired) electrons. The predicted octanol–water partition coefficient (Wildman–Crippen LogP) is 4.45. The molecule has 2 heteroatoms. The summed E-state index contributed by atoms with van der Waals surface area (Å²) in [6.45, 7) is 10.9. The van der Waals surface area contributed by atoms with E-state index in [1.165, 1.54) is 77.4 Å². The van der Waals surface area contributed by atoms with Crippen molar-refractivity contribution in [1.82, 2.24) is 10.2 Å². The van der Waals surface area contributed by atoms with E-state index in [0.717, 1.165) is 17.9 Å². The molecule has 1 N–H and O–H groups in total. The van der Waals surface area contributed by atoms with Gasteiger partial charge in [-0.1, -0.05) is 59.3 Å². The van der Waals surface area contributed by atoms with Gasteiger partial charge in [0.05, 0.1) is 0 Å². The Hall–Kier alpha value is -0.0800. The number of hydrogen-bond donors (Lipinski definition) is 1. The third kappa shape index (κ3) is 5.90. The Bertz CT molecular complexity index is 273. The number of rotatable bonds is 10. The van der Waals surface area contributed by atoms with Crippen LogP contribution in [0.3, 0.4) is 0 Å². The predicted molar refractivity (Wildman–Crippen MR) is 92.7 cm³/mol. The SMILES string of the molecule is CCCCCCCCCN1CC(C(C)C)NCC1C1CC1. The van der Waals surface area contributed by atoms with Crippen LogP contribution >= 0.6 is 0 Å². The summed E-state index contributed by atoms with van der Waals surface area (Å²) in [7, 11) is 0. The number of unbranched alkanes of at least 4 members (excludes halogenated alkanes) is 6. The van der Waals surface area contributed by atoms with E-state index in [9.17, 15) is 0 Å². The van der Waals surface area contributed by atoms with Crippen molar-refractivity contribution in [3.8, 4) is 0 Å². The molecule has 0 spiro atoms. The van der Waals surface area contributed by atoms with Crippen molar-refractivity contribution in [3.05, 3.63) is 0 Å². The van der Waals surface area contributed by atoms with Gasteiger partial charge in [-0.3, -0.25) is 4.90 Å². The molecule has 0 aromatic rings. The summed E-state index contributed by atoms with van der Waals surface area (Å²) in [4.78, 5) is 2.84. The molecular weight excluding hydrogens is 256 g/mol. The van der Waals surface area contributed by atoms with Crippen molar-refractivity contribution in [2.24, 2.45) is 11.8 Å². The van der Waals surface area contributed by atoms with E-state index < -0.39 is 0 Å². The Balaban J connectivity index is 1.65. The van der Waals surface area contributed by atoms with Crippen molar-refractivity contribution in [3.63, 3.8) is 0 Å². The van der Waals surface area contributed by atoms with Gasteiger partial charge in [-0.25, -0.2) is 0 Å². The zero-order valence-corrected chi connectivity index (χ0v) is 14.7. The molecule has 1 saturated carbocycles. The van der Waals surface area contributed by atoms with Crippen LogP contribution in [0.25, 0.3) is 0 Å². The molecule has 0 amide bonds. The van der Waals surface area contributed by atoms with E-state index >= 15 is 0 Å². The molecule has 0 aromatic carbocycles. The van der Waals surface area contributed by atoms with Crippen molar-refractivity contribution >= 4 is 0 Å². The van der Waals surface area contributed by atoms with Gasteiger partial charge in [0.25, 0.3) is 0 Å². The van der Waals surface area contributed by atoms with E-state index in [1.807, 2.05) is 0 Å². The first-order chi connectivity index (χ1) is 10.2. The lowest BCUT2D eigenvalue weighted by Crippen LogP contribution is -2.58. The molecule has 2 unspecified atom stereocenters. The van der Waals surface area contributed by atoms with Crippen LogP contribution < -0.4 is 5.32 Å². The number of hydrogen-bond acceptors (Lipinski definition) is 2. The molecule has 1 aliphatic carbocycles. The first-order valence-electron chi connectivity index (χ1n) is 9.69. The molecule has 0 aromatic heterocycles.